The van der Waals surface area contributed by atoms with Crippen molar-refractivity contribution in [1.29, 1.82) is 0 Å². The minimum absolute atomic E-state index is 0.0324. The van der Waals surface area contributed by atoms with Gasteiger partial charge in [0.2, 0.25) is 0 Å². The van der Waals surface area contributed by atoms with Crippen LogP contribution in [0.5, 0.6) is 0 Å². The molecule has 16 aliphatic carbocycles. The standard InChI is InChI=1S/C54H84P2Si2/c1-57(2,3)49-19-47(33-55(51-21-35-7-36(22-51)9-37(8-35)23-51)52-24-38-10-39(25-52)12-40(11-38)26-52)48(20-50(49)58(4,5)6)34-56(53-27-41-13-42(28-53)15-43(14-41)29-53)54-30-44-16-45(31-54)18-46(17-44)32-54/h19-20,35-46H,7-18,21-34H2,1-6H3. The zero-order valence-corrected chi connectivity index (χ0v) is 42.2. The average molecular weight is 851 g/mol. The van der Waals surface area contributed by atoms with Gasteiger partial charge in [-0.1, -0.05) is 77.6 Å². The van der Waals surface area contributed by atoms with E-state index in [1.807, 2.05) is 21.5 Å². The normalized spacial score (nSPS) is 51.3. The summed E-state index contributed by atoms with van der Waals surface area (Å²) in [5.41, 5.74) is 4.05. The van der Waals surface area contributed by atoms with Crippen molar-refractivity contribution < 1.29 is 0 Å². The van der Waals surface area contributed by atoms with Crippen molar-refractivity contribution in [1.82, 2.24) is 0 Å². The van der Waals surface area contributed by atoms with Crippen LogP contribution in [-0.2, 0) is 12.3 Å². The van der Waals surface area contributed by atoms with Crippen LogP contribution >= 0.6 is 15.8 Å². The molecule has 0 aromatic heterocycles. The molecular weight excluding hydrogens is 767 g/mol. The summed E-state index contributed by atoms with van der Waals surface area (Å²) in [7, 11) is -3.15. The molecule has 0 heterocycles. The van der Waals surface area contributed by atoms with Gasteiger partial charge in [0.25, 0.3) is 0 Å². The van der Waals surface area contributed by atoms with Gasteiger partial charge in [-0.05, 0) is 269 Å². The molecule has 318 valence electrons. The molecule has 0 N–H and O–H groups in total. The van der Waals surface area contributed by atoms with Gasteiger partial charge in [0.1, 0.15) is 0 Å². The Labute approximate surface area is 361 Å². The molecule has 0 atom stereocenters. The van der Waals surface area contributed by atoms with Gasteiger partial charge in [-0.25, -0.2) is 0 Å². The predicted molar refractivity (Wildman–Crippen MR) is 257 cm³/mol. The molecule has 0 nitrogen and oxygen atoms in total. The van der Waals surface area contributed by atoms with Gasteiger partial charge in [-0.2, -0.15) is 0 Å². The van der Waals surface area contributed by atoms with Crippen LogP contribution in [0.4, 0.5) is 0 Å². The van der Waals surface area contributed by atoms with Crippen LogP contribution in [0.25, 0.3) is 0 Å². The van der Waals surface area contributed by atoms with E-state index in [9.17, 15) is 0 Å². The summed E-state index contributed by atoms with van der Waals surface area (Å²) < 4.78 is 0. The molecule has 1 aromatic carbocycles. The molecule has 0 amide bonds. The fraction of sp³-hybridized carbons (Fsp3) is 0.889. The summed E-state index contributed by atoms with van der Waals surface area (Å²) in [4.78, 5) is 0. The maximum Gasteiger partial charge on any atom is 0.0774 e. The Kier molecular flexibility index (Phi) is 8.78. The molecule has 17 rings (SSSR count). The maximum absolute atomic E-state index is 3.12. The molecule has 16 fully saturated rings. The van der Waals surface area contributed by atoms with Gasteiger partial charge in [-0.15, -0.1) is 0 Å². The Morgan fingerprint density at radius 2 is 0.517 bits per heavy atom. The van der Waals surface area contributed by atoms with Gasteiger partial charge in [-0.3, -0.25) is 0 Å². The number of hydrogen-bond acceptors (Lipinski definition) is 0. The lowest BCUT2D eigenvalue weighted by atomic mass is 9.55. The van der Waals surface area contributed by atoms with Gasteiger partial charge in [0.15, 0.2) is 0 Å². The van der Waals surface area contributed by atoms with Gasteiger partial charge >= 0.3 is 0 Å². The molecule has 16 aliphatic rings. The van der Waals surface area contributed by atoms with E-state index in [1.165, 1.54) is 0 Å². The average Bonchev–Trinajstić information content (AvgIpc) is 3.09. The molecule has 58 heavy (non-hydrogen) atoms. The van der Waals surface area contributed by atoms with E-state index in [1.54, 1.807) is 166 Å². The van der Waals surface area contributed by atoms with Crippen LogP contribution < -0.4 is 10.4 Å². The fourth-order valence-corrected chi connectivity index (χ4v) is 37.4. The van der Waals surface area contributed by atoms with Gasteiger partial charge in [0, 0.05) is 0 Å². The number of benzene rings is 1. The Morgan fingerprint density at radius 3 is 0.672 bits per heavy atom. The van der Waals surface area contributed by atoms with Crippen molar-refractivity contribution >= 4 is 42.4 Å². The number of rotatable bonds is 10. The molecule has 0 unspecified atom stereocenters. The van der Waals surface area contributed by atoms with E-state index >= 15 is 0 Å². The molecule has 0 radical (unpaired) electrons. The molecule has 0 saturated heterocycles. The quantitative estimate of drug-likeness (QED) is 0.163. The summed E-state index contributed by atoms with van der Waals surface area (Å²) in [6.45, 7) is 16.5. The highest BCUT2D eigenvalue weighted by atomic mass is 31.1. The molecular formula is C54H84P2Si2. The SMILES string of the molecule is C[Si](C)(C)c1cc(CP(C23CC4CC(CC(C4)C2)C3)C23CC4CC(CC(C4)C2)C3)c(CP(C23CC4CC(CC(C4)C2)C3)C23CC4CC(CC(C4)C2)C3)cc1[Si](C)(C)C. The van der Waals surface area contributed by atoms with Crippen LogP contribution in [0, 0.1) is 71.0 Å². The minimum Gasteiger partial charge on any atom is -0.0894 e. The first-order chi connectivity index (χ1) is 27.6. The van der Waals surface area contributed by atoms with Crippen molar-refractivity contribution in [3.05, 3.63) is 23.3 Å². The van der Waals surface area contributed by atoms with Crippen molar-refractivity contribution in [2.45, 2.75) is 226 Å². The predicted octanol–water partition coefficient (Wildman–Crippen LogP) is 14.6. The van der Waals surface area contributed by atoms with E-state index < -0.39 is 16.1 Å². The van der Waals surface area contributed by atoms with Crippen molar-refractivity contribution in [3.8, 4) is 0 Å². The Morgan fingerprint density at radius 1 is 0.345 bits per heavy atom. The van der Waals surface area contributed by atoms with Crippen molar-refractivity contribution in [2.24, 2.45) is 71.0 Å². The first-order valence-corrected chi connectivity index (χ1v) is 36.4. The highest BCUT2D eigenvalue weighted by Crippen LogP contribution is 2.82. The second-order valence-electron chi connectivity index (χ2n) is 28.4. The van der Waals surface area contributed by atoms with Crippen LogP contribution in [0.15, 0.2) is 12.1 Å². The van der Waals surface area contributed by atoms with Gasteiger partial charge in [0.05, 0.1) is 16.1 Å². The molecule has 4 heteroatoms. The molecule has 1 aromatic rings. The molecule has 0 spiro atoms. The van der Waals surface area contributed by atoms with Crippen LogP contribution in [0.1, 0.15) is 165 Å². The second kappa shape index (κ2) is 13.1. The summed E-state index contributed by atoms with van der Waals surface area (Å²) in [5.74, 6) is 13.1. The van der Waals surface area contributed by atoms with E-state index in [0.717, 1.165) is 91.6 Å². The largest absolute Gasteiger partial charge is 0.0894 e. The lowest BCUT2D eigenvalue weighted by Gasteiger charge is -2.68. The third-order valence-corrected chi connectivity index (χ3v) is 34.3. The van der Waals surface area contributed by atoms with E-state index in [2.05, 4.69) is 51.4 Å². The molecule has 0 aliphatic heterocycles. The van der Waals surface area contributed by atoms with Crippen molar-refractivity contribution in [3.63, 3.8) is 0 Å². The highest BCUT2D eigenvalue weighted by Gasteiger charge is 2.65. The van der Waals surface area contributed by atoms with E-state index in [4.69, 9.17) is 0 Å². The third kappa shape index (κ3) is 6.13. The van der Waals surface area contributed by atoms with E-state index in [0.29, 0.717) is 0 Å². The summed E-state index contributed by atoms with van der Waals surface area (Å²) in [6, 6.07) is 6.25. The zero-order valence-electron chi connectivity index (χ0n) is 38.4. The van der Waals surface area contributed by atoms with Crippen molar-refractivity contribution in [2.75, 3.05) is 0 Å². The lowest BCUT2D eigenvalue weighted by Crippen LogP contribution is -2.58. The third-order valence-electron chi connectivity index (χ3n) is 21.9. The van der Waals surface area contributed by atoms with Crippen LogP contribution in [-0.4, -0.2) is 36.8 Å². The topological polar surface area (TPSA) is 0 Å². The minimum atomic E-state index is -1.54. The molecule has 16 bridgehead atoms. The van der Waals surface area contributed by atoms with Crippen LogP contribution in [0.3, 0.4) is 0 Å². The van der Waals surface area contributed by atoms with Crippen LogP contribution in [0.2, 0.25) is 39.3 Å². The summed E-state index contributed by atoms with van der Waals surface area (Å²) in [6.07, 6.45) is 42.7. The zero-order chi connectivity index (χ0) is 39.2. The maximum atomic E-state index is 3.12. The lowest BCUT2D eigenvalue weighted by molar-refractivity contribution is 0.0180. The number of hydrogen-bond donors (Lipinski definition) is 0. The molecule has 16 saturated carbocycles. The monoisotopic (exact) mass is 851 g/mol. The Hall–Kier alpha value is 0.514. The Bertz CT molecular complexity index is 1470. The summed E-state index contributed by atoms with van der Waals surface area (Å²) in [5, 5.41) is 6.79. The first kappa shape index (κ1) is 38.9. The first-order valence-electron chi connectivity index (χ1n) is 26.3. The Balaban J connectivity index is 0.978. The van der Waals surface area contributed by atoms with Gasteiger partial charge < -0.3 is 0 Å². The fourth-order valence-electron chi connectivity index (χ4n) is 21.8. The smallest absolute Gasteiger partial charge is 0.0774 e. The second-order valence-corrected chi connectivity index (χ2v) is 44.6. The highest BCUT2D eigenvalue weighted by molar-refractivity contribution is 7.61. The summed E-state index contributed by atoms with van der Waals surface area (Å²) >= 11 is 0. The van der Waals surface area contributed by atoms with E-state index in [-0.39, 0.29) is 15.8 Å².